The molecule has 0 unspecified atom stereocenters. The molecule has 86 valence electrons. The lowest BCUT2D eigenvalue weighted by Crippen LogP contribution is -1.97. The summed E-state index contributed by atoms with van der Waals surface area (Å²) >= 11 is 7.89. The van der Waals surface area contributed by atoms with Crippen molar-refractivity contribution in [2.75, 3.05) is 0 Å². The molecular weight excluding hydrogens is 259 g/mol. The quantitative estimate of drug-likeness (QED) is 0.737. The van der Waals surface area contributed by atoms with Crippen LogP contribution in [0.25, 0.3) is 11.4 Å². The molecule has 3 rings (SSSR count). The van der Waals surface area contributed by atoms with E-state index in [1.165, 1.54) is 12.1 Å². The highest BCUT2D eigenvalue weighted by Gasteiger charge is 2.19. The minimum atomic E-state index is -0.267. The molecule has 1 aromatic heterocycles. The number of aromatic nitrogens is 2. The first-order valence-electron chi connectivity index (χ1n) is 5.13. The zero-order valence-corrected chi connectivity index (χ0v) is 10.4. The van der Waals surface area contributed by atoms with Crippen LogP contribution < -0.4 is 0 Å². The fraction of sp³-hybridized carbons (Fsp3) is 0.167. The molecule has 2 heterocycles. The average Bonchev–Trinajstić information content (AvgIpc) is 2.78. The summed E-state index contributed by atoms with van der Waals surface area (Å²) in [5, 5.41) is 0.513. The zero-order chi connectivity index (χ0) is 11.8. The van der Waals surface area contributed by atoms with Gasteiger partial charge in [-0.05, 0) is 24.3 Å². The van der Waals surface area contributed by atoms with E-state index in [9.17, 15) is 4.39 Å². The molecule has 2 nitrogen and oxygen atoms in total. The Labute approximate surface area is 107 Å². The van der Waals surface area contributed by atoms with Gasteiger partial charge in [0.1, 0.15) is 11.0 Å². The highest BCUT2D eigenvalue weighted by Crippen LogP contribution is 2.33. The van der Waals surface area contributed by atoms with Gasteiger partial charge in [-0.25, -0.2) is 14.4 Å². The lowest BCUT2D eigenvalue weighted by molar-refractivity contribution is 0.628. The third-order valence-electron chi connectivity index (χ3n) is 2.63. The molecule has 0 fully saturated rings. The Kier molecular flexibility index (Phi) is 2.76. The van der Waals surface area contributed by atoms with Crippen molar-refractivity contribution in [1.29, 1.82) is 0 Å². The van der Waals surface area contributed by atoms with Crippen molar-refractivity contribution in [3.05, 3.63) is 46.5 Å². The van der Waals surface area contributed by atoms with E-state index in [1.807, 2.05) is 0 Å². The van der Waals surface area contributed by atoms with Crippen LogP contribution in [0.1, 0.15) is 11.3 Å². The molecule has 0 spiro atoms. The van der Waals surface area contributed by atoms with Crippen LogP contribution >= 0.6 is 23.4 Å². The molecular formula is C12H8ClFN2S. The van der Waals surface area contributed by atoms with Crippen molar-refractivity contribution in [3.63, 3.8) is 0 Å². The van der Waals surface area contributed by atoms with E-state index in [2.05, 4.69) is 9.97 Å². The van der Waals surface area contributed by atoms with E-state index in [-0.39, 0.29) is 5.82 Å². The molecule has 0 saturated carbocycles. The summed E-state index contributed by atoms with van der Waals surface area (Å²) in [5.74, 6) is 2.04. The Bertz CT molecular complexity index is 571. The molecule has 1 aliphatic rings. The van der Waals surface area contributed by atoms with Gasteiger partial charge >= 0.3 is 0 Å². The standard InChI is InChI=1S/C12H8ClFN2S/c13-11-9-5-17-6-10(9)15-12(16-11)7-1-3-8(14)4-2-7/h1-4H,5-6H2. The number of benzene rings is 1. The Hall–Kier alpha value is -1.13. The first-order valence-corrected chi connectivity index (χ1v) is 6.66. The second kappa shape index (κ2) is 4.27. The topological polar surface area (TPSA) is 25.8 Å². The fourth-order valence-corrected chi connectivity index (χ4v) is 3.12. The van der Waals surface area contributed by atoms with Gasteiger partial charge in [-0.1, -0.05) is 11.6 Å². The normalized spacial score (nSPS) is 13.8. The Morgan fingerprint density at radius 2 is 1.88 bits per heavy atom. The van der Waals surface area contributed by atoms with E-state index < -0.39 is 0 Å². The van der Waals surface area contributed by atoms with Crippen molar-refractivity contribution in [1.82, 2.24) is 9.97 Å². The van der Waals surface area contributed by atoms with Gasteiger partial charge < -0.3 is 0 Å². The largest absolute Gasteiger partial charge is 0.232 e. The van der Waals surface area contributed by atoms with Crippen molar-refractivity contribution >= 4 is 23.4 Å². The van der Waals surface area contributed by atoms with E-state index in [1.54, 1.807) is 23.9 Å². The fourth-order valence-electron chi connectivity index (χ4n) is 1.74. The van der Waals surface area contributed by atoms with Crippen molar-refractivity contribution in [3.8, 4) is 11.4 Å². The maximum Gasteiger partial charge on any atom is 0.161 e. The van der Waals surface area contributed by atoms with Crippen molar-refractivity contribution in [2.45, 2.75) is 11.5 Å². The van der Waals surface area contributed by atoms with Gasteiger partial charge in [-0.2, -0.15) is 11.8 Å². The summed E-state index contributed by atoms with van der Waals surface area (Å²) < 4.78 is 12.8. The lowest BCUT2D eigenvalue weighted by atomic mass is 10.2. The van der Waals surface area contributed by atoms with Gasteiger partial charge in [0.05, 0.1) is 5.69 Å². The highest BCUT2D eigenvalue weighted by atomic mass is 35.5. The van der Waals surface area contributed by atoms with Crippen LogP contribution in [0.15, 0.2) is 24.3 Å². The number of nitrogens with zero attached hydrogens (tertiary/aromatic N) is 2. The van der Waals surface area contributed by atoms with Crippen LogP contribution in [0.5, 0.6) is 0 Å². The number of hydrogen-bond donors (Lipinski definition) is 0. The number of hydrogen-bond acceptors (Lipinski definition) is 3. The molecule has 0 amide bonds. The molecule has 1 aliphatic heterocycles. The molecule has 0 radical (unpaired) electrons. The number of halogens is 2. The zero-order valence-electron chi connectivity index (χ0n) is 8.78. The molecule has 0 aliphatic carbocycles. The summed E-state index contributed by atoms with van der Waals surface area (Å²) in [6, 6.07) is 6.12. The van der Waals surface area contributed by atoms with Crippen LogP contribution in [-0.4, -0.2) is 9.97 Å². The van der Waals surface area contributed by atoms with Crippen LogP contribution in [-0.2, 0) is 11.5 Å². The van der Waals surface area contributed by atoms with Crippen molar-refractivity contribution < 1.29 is 4.39 Å². The number of fused-ring (bicyclic) bond motifs is 1. The van der Waals surface area contributed by atoms with Gasteiger partial charge in [0.15, 0.2) is 5.82 Å². The molecule has 5 heteroatoms. The SMILES string of the molecule is Fc1ccc(-c2nc(Cl)c3c(n2)CSC3)cc1. The van der Waals surface area contributed by atoms with Gasteiger partial charge in [-0.15, -0.1) is 0 Å². The van der Waals surface area contributed by atoms with Crippen LogP contribution in [0.2, 0.25) is 5.15 Å². The minimum absolute atomic E-state index is 0.267. The second-order valence-corrected chi connectivity index (χ2v) is 5.11. The number of thioether (sulfide) groups is 1. The van der Waals surface area contributed by atoms with Crippen molar-refractivity contribution in [2.24, 2.45) is 0 Å². The van der Waals surface area contributed by atoms with E-state index in [4.69, 9.17) is 11.6 Å². The summed E-state index contributed by atoms with van der Waals surface area (Å²) in [5.41, 5.74) is 2.81. The molecule has 2 aromatic rings. The molecule has 0 atom stereocenters. The summed E-state index contributed by atoms with van der Waals surface area (Å²) in [4.78, 5) is 8.74. The Morgan fingerprint density at radius 3 is 2.65 bits per heavy atom. The van der Waals surface area contributed by atoms with Gasteiger partial charge in [0.2, 0.25) is 0 Å². The molecule has 0 saturated heterocycles. The molecule has 0 bridgehead atoms. The van der Waals surface area contributed by atoms with Gasteiger partial charge in [-0.3, -0.25) is 0 Å². The minimum Gasteiger partial charge on any atom is -0.232 e. The Morgan fingerprint density at radius 1 is 1.12 bits per heavy atom. The van der Waals surface area contributed by atoms with E-state index in [0.29, 0.717) is 11.0 Å². The highest BCUT2D eigenvalue weighted by molar-refractivity contribution is 7.98. The smallest absolute Gasteiger partial charge is 0.161 e. The molecule has 0 N–H and O–H groups in total. The van der Waals surface area contributed by atoms with Crippen LogP contribution in [0, 0.1) is 5.82 Å². The lowest BCUT2D eigenvalue weighted by Gasteiger charge is -2.05. The summed E-state index contributed by atoms with van der Waals surface area (Å²) in [7, 11) is 0. The monoisotopic (exact) mass is 266 g/mol. The first-order chi connectivity index (χ1) is 8.24. The summed E-state index contributed by atoms with van der Waals surface area (Å²) in [6.45, 7) is 0. The van der Waals surface area contributed by atoms with Gasteiger partial charge in [0.25, 0.3) is 0 Å². The predicted octanol–water partition coefficient (Wildman–Crippen LogP) is 3.68. The Balaban J connectivity index is 2.10. The van der Waals surface area contributed by atoms with Crippen LogP contribution in [0.4, 0.5) is 4.39 Å². The first kappa shape index (κ1) is 11.0. The average molecular weight is 267 g/mol. The third kappa shape index (κ3) is 2.03. The third-order valence-corrected chi connectivity index (χ3v) is 3.91. The predicted molar refractivity (Wildman–Crippen MR) is 67.4 cm³/mol. The maximum atomic E-state index is 12.8. The summed E-state index contributed by atoms with van der Waals surface area (Å²) in [6.07, 6.45) is 0. The van der Waals surface area contributed by atoms with E-state index in [0.717, 1.165) is 28.3 Å². The molecule has 17 heavy (non-hydrogen) atoms. The second-order valence-electron chi connectivity index (χ2n) is 3.76. The van der Waals surface area contributed by atoms with E-state index >= 15 is 0 Å². The number of rotatable bonds is 1. The maximum absolute atomic E-state index is 12.8. The molecule has 1 aromatic carbocycles. The van der Waals surface area contributed by atoms with Gasteiger partial charge in [0, 0.05) is 22.6 Å². The van der Waals surface area contributed by atoms with Crippen LogP contribution in [0.3, 0.4) is 0 Å².